The molecule has 0 atom stereocenters. The van der Waals surface area contributed by atoms with E-state index in [9.17, 15) is 9.59 Å². The van der Waals surface area contributed by atoms with Crippen molar-refractivity contribution in [3.8, 4) is 0 Å². The van der Waals surface area contributed by atoms with Crippen molar-refractivity contribution in [2.45, 2.75) is 13.0 Å². The summed E-state index contributed by atoms with van der Waals surface area (Å²) in [5.41, 5.74) is 1.04. The summed E-state index contributed by atoms with van der Waals surface area (Å²) in [5.74, 6) is -0.200. The van der Waals surface area contributed by atoms with Crippen LogP contribution in [0.15, 0.2) is 41.5 Å². The van der Waals surface area contributed by atoms with Crippen molar-refractivity contribution in [2.75, 3.05) is 26.0 Å². The van der Waals surface area contributed by atoms with E-state index < -0.39 is 0 Å². The zero-order chi connectivity index (χ0) is 18.7. The molecule has 0 radical (unpaired) electrons. The zero-order valence-electron chi connectivity index (χ0n) is 15.1. The second-order valence-electron chi connectivity index (χ2n) is 6.44. The number of nitrogens with zero attached hydrogens (tertiary/aromatic N) is 5. The summed E-state index contributed by atoms with van der Waals surface area (Å²) in [7, 11) is 5.58. The van der Waals surface area contributed by atoms with Crippen LogP contribution in [0.4, 0.5) is 5.69 Å². The quantitative estimate of drug-likeness (QED) is 0.710. The van der Waals surface area contributed by atoms with Gasteiger partial charge in [0, 0.05) is 25.2 Å². The molecule has 0 aliphatic carbocycles. The van der Waals surface area contributed by atoms with E-state index in [2.05, 4.69) is 20.4 Å². The Hall–Kier alpha value is -3.00. The van der Waals surface area contributed by atoms with Gasteiger partial charge in [-0.2, -0.15) is 10.2 Å². The van der Waals surface area contributed by atoms with Crippen LogP contribution in [0.2, 0.25) is 0 Å². The van der Waals surface area contributed by atoms with Crippen LogP contribution < -0.4 is 10.9 Å². The molecule has 0 saturated heterocycles. The van der Waals surface area contributed by atoms with Crippen molar-refractivity contribution in [3.63, 3.8) is 0 Å². The number of likely N-dealkylation sites (N-methyl/N-ethyl adjacent to an activating group) is 1. The summed E-state index contributed by atoms with van der Waals surface area (Å²) < 4.78 is 3.06. The molecule has 26 heavy (non-hydrogen) atoms. The van der Waals surface area contributed by atoms with Gasteiger partial charge in [-0.1, -0.05) is 18.2 Å². The number of anilines is 1. The molecular formula is C18H22N6O2. The molecule has 1 amide bonds. The van der Waals surface area contributed by atoms with Crippen molar-refractivity contribution in [1.29, 1.82) is 0 Å². The number of amides is 1. The second-order valence-corrected chi connectivity index (χ2v) is 6.44. The molecule has 2 heterocycles. The maximum Gasteiger partial charge on any atom is 0.274 e. The van der Waals surface area contributed by atoms with Gasteiger partial charge in [-0.3, -0.25) is 14.3 Å². The van der Waals surface area contributed by atoms with E-state index in [4.69, 9.17) is 0 Å². The molecule has 3 rings (SSSR count). The third-order valence-electron chi connectivity index (χ3n) is 4.05. The van der Waals surface area contributed by atoms with Gasteiger partial charge in [-0.15, -0.1) is 0 Å². The monoisotopic (exact) mass is 354 g/mol. The molecule has 0 spiro atoms. The maximum atomic E-state index is 12.4. The summed E-state index contributed by atoms with van der Waals surface area (Å²) in [6.45, 7) is 1.61. The average Bonchev–Trinajstić information content (AvgIpc) is 3.05. The minimum Gasteiger partial charge on any atom is -0.323 e. The first-order chi connectivity index (χ1) is 12.4. The molecule has 3 aromatic rings. The van der Waals surface area contributed by atoms with Gasteiger partial charge < -0.3 is 10.2 Å². The van der Waals surface area contributed by atoms with Gasteiger partial charge in [0.2, 0.25) is 5.91 Å². The zero-order valence-corrected chi connectivity index (χ0v) is 15.1. The van der Waals surface area contributed by atoms with Crippen molar-refractivity contribution in [1.82, 2.24) is 24.5 Å². The van der Waals surface area contributed by atoms with Crippen LogP contribution in [0.1, 0.15) is 5.69 Å². The molecule has 1 N–H and O–H groups in total. The molecule has 0 saturated carbocycles. The predicted octanol–water partition coefficient (Wildman–Crippen LogP) is 0.873. The van der Waals surface area contributed by atoms with Crippen LogP contribution in [0.25, 0.3) is 10.8 Å². The fourth-order valence-corrected chi connectivity index (χ4v) is 2.72. The number of fused-ring (bicyclic) bond motifs is 1. The minimum atomic E-state index is -0.200. The first kappa shape index (κ1) is 17.8. The van der Waals surface area contributed by atoms with Crippen molar-refractivity contribution < 1.29 is 4.79 Å². The topological polar surface area (TPSA) is 85.0 Å². The summed E-state index contributed by atoms with van der Waals surface area (Å²) in [5, 5.41) is 12.6. The fraction of sp³-hybridized carbons (Fsp3) is 0.333. The van der Waals surface area contributed by atoms with Gasteiger partial charge in [0.15, 0.2) is 0 Å². The van der Waals surface area contributed by atoms with Gasteiger partial charge in [0.1, 0.15) is 0 Å². The van der Waals surface area contributed by atoms with E-state index >= 15 is 0 Å². The van der Waals surface area contributed by atoms with Gasteiger partial charge in [0.05, 0.1) is 35.9 Å². The lowest BCUT2D eigenvalue weighted by Crippen LogP contribution is -2.24. The number of aromatic nitrogens is 4. The molecular weight excluding hydrogens is 332 g/mol. The van der Waals surface area contributed by atoms with E-state index in [-0.39, 0.29) is 17.9 Å². The number of rotatable bonds is 6. The smallest absolute Gasteiger partial charge is 0.274 e. The Morgan fingerprint density at radius 2 is 1.96 bits per heavy atom. The van der Waals surface area contributed by atoms with E-state index in [1.807, 2.05) is 26.2 Å². The number of nitrogens with one attached hydrogen (secondary N) is 1. The van der Waals surface area contributed by atoms with Crippen molar-refractivity contribution in [2.24, 2.45) is 7.05 Å². The number of benzene rings is 1. The van der Waals surface area contributed by atoms with Crippen LogP contribution in [-0.4, -0.2) is 51.0 Å². The van der Waals surface area contributed by atoms with Gasteiger partial charge >= 0.3 is 0 Å². The average molecular weight is 354 g/mol. The molecule has 0 bridgehead atoms. The lowest BCUT2D eigenvalue weighted by atomic mass is 10.1. The molecule has 2 aromatic heterocycles. The number of hydrogen-bond donors (Lipinski definition) is 1. The maximum absolute atomic E-state index is 12.4. The number of carbonyl (C=O) groups is 1. The Morgan fingerprint density at radius 3 is 2.69 bits per heavy atom. The second kappa shape index (κ2) is 7.49. The number of hydrogen-bond acceptors (Lipinski definition) is 5. The summed E-state index contributed by atoms with van der Waals surface area (Å²) >= 11 is 0. The molecule has 0 aliphatic rings. The highest BCUT2D eigenvalue weighted by molar-refractivity contribution is 5.95. The van der Waals surface area contributed by atoms with Crippen LogP contribution in [0, 0.1) is 0 Å². The number of carbonyl (C=O) groups excluding carboxylic acids is 1. The van der Waals surface area contributed by atoms with Gasteiger partial charge in [-0.25, -0.2) is 4.68 Å². The Labute approximate surface area is 151 Å². The molecule has 0 unspecified atom stereocenters. The highest BCUT2D eigenvalue weighted by Gasteiger charge is 2.13. The van der Waals surface area contributed by atoms with Crippen molar-refractivity contribution in [3.05, 3.63) is 52.7 Å². The molecule has 0 fully saturated rings. The molecule has 1 aromatic carbocycles. The molecule has 8 nitrogen and oxygen atoms in total. The minimum absolute atomic E-state index is 0.0809. The van der Waals surface area contributed by atoms with Crippen LogP contribution in [-0.2, 0) is 24.8 Å². The molecule has 136 valence electrons. The van der Waals surface area contributed by atoms with Crippen LogP contribution in [0.3, 0.4) is 0 Å². The Bertz CT molecular complexity index is 989. The van der Waals surface area contributed by atoms with Crippen molar-refractivity contribution >= 4 is 22.4 Å². The lowest BCUT2D eigenvalue weighted by molar-refractivity contribution is -0.115. The highest BCUT2D eigenvalue weighted by atomic mass is 16.1. The Morgan fingerprint density at radius 1 is 1.23 bits per heavy atom. The summed E-state index contributed by atoms with van der Waals surface area (Å²) in [6.07, 6.45) is 3.50. The Kier molecular flexibility index (Phi) is 5.13. The summed E-state index contributed by atoms with van der Waals surface area (Å²) in [4.78, 5) is 26.6. The fourth-order valence-electron chi connectivity index (χ4n) is 2.72. The highest BCUT2D eigenvalue weighted by Crippen LogP contribution is 2.14. The van der Waals surface area contributed by atoms with Gasteiger partial charge in [0.25, 0.3) is 5.56 Å². The summed E-state index contributed by atoms with van der Waals surface area (Å²) in [6, 6.07) is 7.19. The Balaban J connectivity index is 1.74. The standard InChI is InChI=1S/C18H22N6O2/c1-22(2)8-9-24-12-13(11-19-24)20-17(25)10-16-14-6-4-5-7-15(14)18(26)23(3)21-16/h4-7,11-12H,8-10H2,1-3H3,(H,20,25). The first-order valence-corrected chi connectivity index (χ1v) is 8.36. The van der Waals surface area contributed by atoms with Gasteiger partial charge in [-0.05, 0) is 20.2 Å². The van der Waals surface area contributed by atoms with Crippen LogP contribution in [0.5, 0.6) is 0 Å². The predicted molar refractivity (Wildman–Crippen MR) is 100 cm³/mol. The number of aryl methyl sites for hydroxylation is 1. The molecule has 8 heteroatoms. The van der Waals surface area contributed by atoms with E-state index in [1.54, 1.807) is 36.3 Å². The van der Waals surface area contributed by atoms with E-state index in [1.165, 1.54) is 4.68 Å². The van der Waals surface area contributed by atoms with E-state index in [0.29, 0.717) is 22.2 Å². The largest absolute Gasteiger partial charge is 0.323 e. The lowest BCUT2D eigenvalue weighted by Gasteiger charge is -2.09. The third-order valence-corrected chi connectivity index (χ3v) is 4.05. The normalized spacial score (nSPS) is 11.2. The molecule has 0 aliphatic heterocycles. The first-order valence-electron chi connectivity index (χ1n) is 8.36. The third kappa shape index (κ3) is 3.97. The van der Waals surface area contributed by atoms with Crippen LogP contribution >= 0.6 is 0 Å². The van der Waals surface area contributed by atoms with E-state index in [0.717, 1.165) is 13.1 Å². The SMILES string of the molecule is CN(C)CCn1cc(NC(=O)Cc2nn(C)c(=O)c3ccccc23)cn1.